The topological polar surface area (TPSA) is 0 Å². The number of benzene rings is 2. The quantitative estimate of drug-likeness (QED) is 0.429. The molecule has 2 saturated carbocycles. The third-order valence-corrected chi connectivity index (χ3v) is 5.95. The van der Waals surface area contributed by atoms with Crippen LogP contribution in [0.5, 0.6) is 0 Å². The Morgan fingerprint density at radius 3 is 1.50 bits per heavy atom. The standard InChI is InChI=1S/C19H18.C5H12.2C2H6/c1-3-7-17-15(5-1)16-6-2-4-8-18(16)19(17)12-13-9-10-14(19)11-13;1-5(2,3)4;2*1-2/h1-8,13-14H,9-12H2;1-4H3;2*1-2H3. The van der Waals surface area contributed by atoms with Crippen LogP contribution < -0.4 is 0 Å². The summed E-state index contributed by atoms with van der Waals surface area (Å²) in [5, 5.41) is 0. The fourth-order valence-electron chi connectivity index (χ4n) is 5.35. The van der Waals surface area contributed by atoms with Gasteiger partial charge in [0, 0.05) is 5.41 Å². The molecule has 0 saturated heterocycles. The number of fused-ring (bicyclic) bond motifs is 8. The van der Waals surface area contributed by atoms with Gasteiger partial charge in [-0.15, -0.1) is 0 Å². The molecule has 3 aliphatic carbocycles. The molecule has 2 atom stereocenters. The van der Waals surface area contributed by atoms with Gasteiger partial charge in [0.25, 0.3) is 0 Å². The van der Waals surface area contributed by atoms with Crippen LogP contribution in [0, 0.1) is 17.3 Å². The van der Waals surface area contributed by atoms with E-state index < -0.39 is 0 Å². The van der Waals surface area contributed by atoms with Crippen LogP contribution in [0.15, 0.2) is 48.5 Å². The van der Waals surface area contributed by atoms with E-state index in [1.54, 1.807) is 11.1 Å². The first-order valence-corrected chi connectivity index (χ1v) is 11.6. The third kappa shape index (κ3) is 4.22. The minimum absolute atomic E-state index is 0.371. The van der Waals surface area contributed by atoms with E-state index in [1.165, 1.54) is 36.8 Å². The summed E-state index contributed by atoms with van der Waals surface area (Å²) in [6.45, 7) is 16.8. The third-order valence-electron chi connectivity index (χ3n) is 5.95. The van der Waals surface area contributed by atoms with Crippen LogP contribution in [0.4, 0.5) is 0 Å². The lowest BCUT2D eigenvalue weighted by atomic mass is 9.67. The van der Waals surface area contributed by atoms with E-state index in [-0.39, 0.29) is 0 Å². The van der Waals surface area contributed by atoms with Crippen LogP contribution in [-0.2, 0) is 5.41 Å². The molecule has 0 heteroatoms. The molecule has 0 radical (unpaired) electrons. The number of hydrogen-bond donors (Lipinski definition) is 0. The van der Waals surface area contributed by atoms with Crippen molar-refractivity contribution in [3.05, 3.63) is 59.7 Å². The average molecular weight is 379 g/mol. The smallest absolute Gasteiger partial charge is 0.0246 e. The molecule has 2 unspecified atom stereocenters. The highest BCUT2D eigenvalue weighted by atomic mass is 14.6. The zero-order chi connectivity index (χ0) is 20.9. The Bertz CT molecular complexity index is 695. The average Bonchev–Trinajstić information content (AvgIpc) is 3.38. The number of rotatable bonds is 0. The van der Waals surface area contributed by atoms with Gasteiger partial charge >= 0.3 is 0 Å². The van der Waals surface area contributed by atoms with Crippen molar-refractivity contribution in [3.8, 4) is 11.1 Å². The van der Waals surface area contributed by atoms with E-state index in [4.69, 9.17) is 0 Å². The van der Waals surface area contributed by atoms with Crippen molar-refractivity contribution < 1.29 is 0 Å². The molecule has 3 aliphatic rings. The molecular formula is C28H42. The second-order valence-electron chi connectivity index (χ2n) is 9.64. The van der Waals surface area contributed by atoms with Crippen molar-refractivity contribution in [2.45, 2.75) is 86.5 Å². The summed E-state index contributed by atoms with van der Waals surface area (Å²) < 4.78 is 0. The molecule has 0 aromatic heterocycles. The molecule has 0 N–H and O–H groups in total. The first kappa shape index (κ1) is 22.7. The highest BCUT2D eigenvalue weighted by Crippen LogP contribution is 2.65. The van der Waals surface area contributed by atoms with Crippen LogP contribution in [0.2, 0.25) is 0 Å². The van der Waals surface area contributed by atoms with Crippen LogP contribution in [0.25, 0.3) is 11.1 Å². The highest BCUT2D eigenvalue weighted by Gasteiger charge is 2.56. The van der Waals surface area contributed by atoms with Gasteiger partial charge in [-0.1, -0.05) is 110 Å². The van der Waals surface area contributed by atoms with Gasteiger partial charge < -0.3 is 0 Å². The Hall–Kier alpha value is -1.56. The molecular weight excluding hydrogens is 336 g/mol. The lowest BCUT2D eigenvalue weighted by Gasteiger charge is -2.36. The molecule has 2 bridgehead atoms. The van der Waals surface area contributed by atoms with Gasteiger partial charge in [-0.25, -0.2) is 0 Å². The lowest BCUT2D eigenvalue weighted by molar-refractivity contribution is 0.327. The zero-order valence-electron chi connectivity index (χ0n) is 19.6. The van der Waals surface area contributed by atoms with E-state index in [0.29, 0.717) is 10.8 Å². The Kier molecular flexibility index (Phi) is 7.54. The van der Waals surface area contributed by atoms with Crippen molar-refractivity contribution in [1.29, 1.82) is 0 Å². The first-order valence-electron chi connectivity index (χ1n) is 11.6. The molecule has 154 valence electrons. The minimum atomic E-state index is 0.371. The Balaban J connectivity index is 0.000000271. The van der Waals surface area contributed by atoms with Gasteiger partial charge in [-0.2, -0.15) is 0 Å². The summed E-state index contributed by atoms with van der Waals surface area (Å²) >= 11 is 0. The summed E-state index contributed by atoms with van der Waals surface area (Å²) in [6, 6.07) is 18.3. The van der Waals surface area contributed by atoms with Crippen molar-refractivity contribution in [2.24, 2.45) is 17.3 Å². The van der Waals surface area contributed by atoms with Crippen molar-refractivity contribution in [1.82, 2.24) is 0 Å². The summed E-state index contributed by atoms with van der Waals surface area (Å²) in [4.78, 5) is 0. The van der Waals surface area contributed by atoms with Crippen molar-refractivity contribution in [2.75, 3.05) is 0 Å². The molecule has 2 aromatic rings. The first-order chi connectivity index (χ1) is 13.4. The van der Waals surface area contributed by atoms with E-state index in [0.717, 1.165) is 11.8 Å². The molecule has 0 amide bonds. The van der Waals surface area contributed by atoms with E-state index >= 15 is 0 Å². The molecule has 0 nitrogen and oxygen atoms in total. The Morgan fingerprint density at radius 1 is 0.714 bits per heavy atom. The maximum Gasteiger partial charge on any atom is 0.0246 e. The van der Waals surface area contributed by atoms with Crippen LogP contribution >= 0.6 is 0 Å². The monoisotopic (exact) mass is 378 g/mol. The second kappa shape index (κ2) is 9.29. The fraction of sp³-hybridized carbons (Fsp3) is 0.571. The van der Waals surface area contributed by atoms with Crippen LogP contribution in [0.3, 0.4) is 0 Å². The van der Waals surface area contributed by atoms with Crippen LogP contribution in [-0.4, -0.2) is 0 Å². The van der Waals surface area contributed by atoms with Crippen molar-refractivity contribution in [3.63, 3.8) is 0 Å². The van der Waals surface area contributed by atoms with Crippen molar-refractivity contribution >= 4 is 0 Å². The largest absolute Gasteiger partial charge is 0.0683 e. The summed E-state index contributed by atoms with van der Waals surface area (Å²) in [6.07, 6.45) is 5.76. The molecule has 28 heavy (non-hydrogen) atoms. The van der Waals surface area contributed by atoms with Gasteiger partial charge in [0.15, 0.2) is 0 Å². The molecule has 2 aromatic carbocycles. The summed E-state index contributed by atoms with van der Waals surface area (Å²) in [7, 11) is 0. The fourth-order valence-corrected chi connectivity index (χ4v) is 5.35. The predicted octanol–water partition coefficient (Wildman–Crippen LogP) is 8.88. The molecule has 5 rings (SSSR count). The minimum Gasteiger partial charge on any atom is -0.0683 e. The molecule has 0 aliphatic heterocycles. The summed E-state index contributed by atoms with van der Waals surface area (Å²) in [5.74, 6) is 1.87. The zero-order valence-corrected chi connectivity index (χ0v) is 19.6. The van der Waals surface area contributed by atoms with E-state index in [1.807, 2.05) is 27.7 Å². The van der Waals surface area contributed by atoms with E-state index in [2.05, 4.69) is 76.2 Å². The van der Waals surface area contributed by atoms with Gasteiger partial charge in [0.1, 0.15) is 0 Å². The Labute approximate surface area is 174 Å². The molecule has 0 heterocycles. The van der Waals surface area contributed by atoms with Gasteiger partial charge in [0.2, 0.25) is 0 Å². The van der Waals surface area contributed by atoms with Crippen LogP contribution in [0.1, 0.15) is 92.2 Å². The Morgan fingerprint density at radius 2 is 1.14 bits per heavy atom. The maximum absolute atomic E-state index is 2.40. The van der Waals surface area contributed by atoms with Gasteiger partial charge in [-0.3, -0.25) is 0 Å². The van der Waals surface area contributed by atoms with Gasteiger partial charge in [0.05, 0.1) is 0 Å². The lowest BCUT2D eigenvalue weighted by Crippen LogP contribution is -2.31. The summed E-state index contributed by atoms with van der Waals surface area (Å²) in [5.41, 5.74) is 7.14. The highest BCUT2D eigenvalue weighted by molar-refractivity contribution is 5.81. The molecule has 2 fully saturated rings. The molecule has 1 spiro atoms. The van der Waals surface area contributed by atoms with Gasteiger partial charge in [-0.05, 0) is 58.8 Å². The predicted molar refractivity (Wildman–Crippen MR) is 126 cm³/mol. The SMILES string of the molecule is CC.CC.CC(C)(C)C.c1ccc2c(c1)-c1ccccc1C21CC2CCC1C2. The number of hydrogen-bond acceptors (Lipinski definition) is 0. The maximum atomic E-state index is 2.40. The second-order valence-corrected chi connectivity index (χ2v) is 9.64. The normalized spacial score (nSPS) is 22.0. The van der Waals surface area contributed by atoms with E-state index in [9.17, 15) is 0 Å².